The lowest BCUT2D eigenvalue weighted by Crippen LogP contribution is -2.16. The van der Waals surface area contributed by atoms with Crippen molar-refractivity contribution in [3.8, 4) is 39.1 Å². The lowest BCUT2D eigenvalue weighted by molar-refractivity contribution is 0.669. The molecule has 0 bridgehead atoms. The number of nitrogens with zero attached hydrogens (tertiary/aromatic N) is 2. The van der Waals surface area contributed by atoms with Crippen LogP contribution in [0, 0.1) is 0 Å². The van der Waals surface area contributed by atoms with Crippen LogP contribution >= 0.6 is 0 Å². The van der Waals surface area contributed by atoms with E-state index in [2.05, 4.69) is 210 Å². The van der Waals surface area contributed by atoms with E-state index in [1.54, 1.807) is 0 Å². The Morgan fingerprint density at radius 3 is 1.97 bits per heavy atom. The molecule has 1 aliphatic rings. The minimum Gasteiger partial charge on any atom is -0.456 e. The van der Waals surface area contributed by atoms with E-state index in [0.29, 0.717) is 0 Å². The van der Waals surface area contributed by atoms with Gasteiger partial charge in [-0.05, 0) is 124 Å². The smallest absolute Gasteiger partial charge is 0.135 e. The van der Waals surface area contributed by atoms with Crippen molar-refractivity contribution < 1.29 is 4.42 Å². The average Bonchev–Trinajstić information content (AvgIpc) is 3.84. The molecule has 0 amide bonds. The van der Waals surface area contributed by atoms with E-state index in [0.717, 1.165) is 62.2 Å². The zero-order valence-corrected chi connectivity index (χ0v) is 31.8. The van der Waals surface area contributed by atoms with Crippen LogP contribution in [0.2, 0.25) is 0 Å². The van der Waals surface area contributed by atoms with Gasteiger partial charge in [0.15, 0.2) is 0 Å². The summed E-state index contributed by atoms with van der Waals surface area (Å²) in [7, 11) is 0. The fourth-order valence-electron chi connectivity index (χ4n) is 8.72. The molecule has 0 atom stereocenters. The Hall–Kier alpha value is -7.62. The highest BCUT2D eigenvalue weighted by Gasteiger charge is 2.19. The summed E-state index contributed by atoms with van der Waals surface area (Å²) in [5.74, 6) is 0. The zero-order chi connectivity index (χ0) is 38.6. The Morgan fingerprint density at radius 1 is 0.431 bits per heavy atom. The van der Waals surface area contributed by atoms with Crippen LogP contribution in [-0.4, -0.2) is 4.57 Å². The highest BCUT2D eigenvalue weighted by atomic mass is 16.3. The molecule has 10 aromatic rings. The Morgan fingerprint density at radius 2 is 1.07 bits per heavy atom. The standard InChI is InChI=1S/C55H38N2O/c1-37-13-4-2-7-16-44-33-41(25-30-51(44)56(37)45-28-23-39(24-29-45)42-27-32-55-50(36-42)48-20-9-11-22-54(48)58-55)43-26-31-53-49(35-43)47-19-8-10-21-52(47)57(53)46-18-12-17-40(34-46)38-14-5-3-6-15-38/h2-15,17-36H,1,16H2/b7-2-,13-4-. The molecule has 0 spiro atoms. The molecule has 3 heteroatoms. The molecule has 0 saturated carbocycles. The summed E-state index contributed by atoms with van der Waals surface area (Å²) >= 11 is 0. The molecule has 0 aliphatic carbocycles. The summed E-state index contributed by atoms with van der Waals surface area (Å²) in [6, 6.07) is 65.5. The number of aromatic nitrogens is 1. The summed E-state index contributed by atoms with van der Waals surface area (Å²) in [6.45, 7) is 4.54. The summed E-state index contributed by atoms with van der Waals surface area (Å²) < 4.78 is 8.49. The number of benzene rings is 8. The molecule has 274 valence electrons. The molecule has 0 N–H and O–H groups in total. The number of anilines is 2. The first kappa shape index (κ1) is 33.7. The third-order valence-corrected chi connectivity index (χ3v) is 11.5. The minimum absolute atomic E-state index is 0.799. The fourth-order valence-corrected chi connectivity index (χ4v) is 8.72. The van der Waals surface area contributed by atoms with Crippen molar-refractivity contribution in [3.63, 3.8) is 0 Å². The first-order valence-electron chi connectivity index (χ1n) is 19.8. The molecular weight excluding hydrogens is 705 g/mol. The van der Waals surface area contributed by atoms with Gasteiger partial charge in [0.05, 0.1) is 11.0 Å². The van der Waals surface area contributed by atoms with E-state index in [1.165, 1.54) is 49.6 Å². The van der Waals surface area contributed by atoms with Crippen LogP contribution in [0.1, 0.15) is 5.56 Å². The minimum atomic E-state index is 0.799. The second kappa shape index (κ2) is 13.8. The predicted octanol–water partition coefficient (Wildman–Crippen LogP) is 15.0. The van der Waals surface area contributed by atoms with Crippen LogP contribution in [0.15, 0.2) is 223 Å². The monoisotopic (exact) mass is 742 g/mol. The molecule has 8 aromatic carbocycles. The van der Waals surface area contributed by atoms with Gasteiger partial charge in [0.2, 0.25) is 0 Å². The van der Waals surface area contributed by atoms with Crippen LogP contribution in [0.3, 0.4) is 0 Å². The average molecular weight is 743 g/mol. The Balaban J connectivity index is 0.965. The summed E-state index contributed by atoms with van der Waals surface area (Å²) in [5, 5.41) is 4.74. The number of hydrogen-bond acceptors (Lipinski definition) is 2. The maximum atomic E-state index is 6.10. The van der Waals surface area contributed by atoms with E-state index in [-0.39, 0.29) is 0 Å². The quantitative estimate of drug-likeness (QED) is 0.175. The van der Waals surface area contributed by atoms with Crippen molar-refractivity contribution in [2.45, 2.75) is 6.42 Å². The summed E-state index contributed by atoms with van der Waals surface area (Å²) in [5.41, 5.74) is 16.8. The molecule has 0 fully saturated rings. The number of fused-ring (bicyclic) bond motifs is 7. The zero-order valence-electron chi connectivity index (χ0n) is 31.8. The lowest BCUT2D eigenvalue weighted by atomic mass is 9.97. The predicted molar refractivity (Wildman–Crippen MR) is 244 cm³/mol. The third kappa shape index (κ3) is 5.75. The van der Waals surface area contributed by atoms with Gasteiger partial charge in [-0.25, -0.2) is 0 Å². The fraction of sp³-hybridized carbons (Fsp3) is 0.0182. The maximum Gasteiger partial charge on any atom is 0.135 e. The van der Waals surface area contributed by atoms with Gasteiger partial charge in [-0.1, -0.05) is 134 Å². The first-order chi connectivity index (χ1) is 28.7. The molecule has 1 aliphatic heterocycles. The van der Waals surface area contributed by atoms with Crippen molar-refractivity contribution in [2.24, 2.45) is 0 Å². The largest absolute Gasteiger partial charge is 0.456 e. The number of furan rings is 1. The van der Waals surface area contributed by atoms with Crippen LogP contribution in [-0.2, 0) is 6.42 Å². The molecule has 2 aromatic heterocycles. The topological polar surface area (TPSA) is 21.3 Å². The molecule has 0 saturated heterocycles. The summed E-state index contributed by atoms with van der Waals surface area (Å²) in [6.07, 6.45) is 9.32. The summed E-state index contributed by atoms with van der Waals surface area (Å²) in [4.78, 5) is 2.28. The molecular formula is C55H38N2O. The molecule has 3 nitrogen and oxygen atoms in total. The van der Waals surface area contributed by atoms with Gasteiger partial charge in [0, 0.05) is 44.3 Å². The SMILES string of the molecule is C=C1/C=C\C=C/Cc2cc(-c3ccc4c(c3)c3ccccc3n4-c3cccc(-c4ccccc4)c3)ccc2N1c1ccc(-c2ccc3oc4ccccc4c3c2)cc1. The maximum absolute atomic E-state index is 6.10. The van der Waals surface area contributed by atoms with Gasteiger partial charge in [-0.2, -0.15) is 0 Å². The molecule has 58 heavy (non-hydrogen) atoms. The van der Waals surface area contributed by atoms with Gasteiger partial charge >= 0.3 is 0 Å². The van der Waals surface area contributed by atoms with E-state index < -0.39 is 0 Å². The highest BCUT2D eigenvalue weighted by Crippen LogP contribution is 2.40. The van der Waals surface area contributed by atoms with Crippen molar-refractivity contribution in [3.05, 3.63) is 224 Å². The van der Waals surface area contributed by atoms with Crippen molar-refractivity contribution in [2.75, 3.05) is 4.90 Å². The van der Waals surface area contributed by atoms with Gasteiger partial charge in [0.25, 0.3) is 0 Å². The second-order valence-corrected chi connectivity index (χ2v) is 15.0. The molecule has 0 unspecified atom stereocenters. The van der Waals surface area contributed by atoms with Crippen LogP contribution in [0.5, 0.6) is 0 Å². The number of rotatable bonds is 5. The molecule has 11 rings (SSSR count). The van der Waals surface area contributed by atoms with Crippen molar-refractivity contribution >= 4 is 55.1 Å². The van der Waals surface area contributed by atoms with Crippen molar-refractivity contribution in [1.29, 1.82) is 0 Å². The van der Waals surface area contributed by atoms with Gasteiger partial charge in [-0.15, -0.1) is 0 Å². The van der Waals surface area contributed by atoms with Crippen LogP contribution in [0.4, 0.5) is 11.4 Å². The normalized spacial score (nSPS) is 14.1. The lowest BCUT2D eigenvalue weighted by Gasteiger charge is -2.28. The number of allylic oxidation sites excluding steroid dienone is 4. The van der Waals surface area contributed by atoms with Crippen molar-refractivity contribution in [1.82, 2.24) is 4.57 Å². The molecule has 3 heterocycles. The van der Waals surface area contributed by atoms with Crippen LogP contribution < -0.4 is 4.90 Å². The Labute approximate surface area is 337 Å². The van der Waals surface area contributed by atoms with Gasteiger partial charge < -0.3 is 13.9 Å². The number of para-hydroxylation sites is 2. The van der Waals surface area contributed by atoms with Gasteiger partial charge in [-0.3, -0.25) is 0 Å². The van der Waals surface area contributed by atoms with E-state index in [4.69, 9.17) is 4.42 Å². The first-order valence-corrected chi connectivity index (χ1v) is 19.8. The van der Waals surface area contributed by atoms with E-state index >= 15 is 0 Å². The van der Waals surface area contributed by atoms with Gasteiger partial charge in [0.1, 0.15) is 11.2 Å². The van der Waals surface area contributed by atoms with E-state index in [9.17, 15) is 0 Å². The van der Waals surface area contributed by atoms with Crippen LogP contribution in [0.25, 0.3) is 82.8 Å². The third-order valence-electron chi connectivity index (χ3n) is 11.5. The highest BCUT2D eigenvalue weighted by molar-refractivity contribution is 6.11. The molecule has 0 radical (unpaired) electrons. The van der Waals surface area contributed by atoms with E-state index in [1.807, 2.05) is 12.1 Å². The Kier molecular flexibility index (Phi) is 8.04. The second-order valence-electron chi connectivity index (χ2n) is 15.0. The Bertz CT molecular complexity index is 3270. The number of hydrogen-bond donors (Lipinski definition) is 0.